The molecule has 1 aromatic carbocycles. The van der Waals surface area contributed by atoms with Crippen LogP contribution in [0, 0.1) is 11.2 Å². The van der Waals surface area contributed by atoms with E-state index in [4.69, 9.17) is 0 Å². The van der Waals surface area contributed by atoms with E-state index in [0.29, 0.717) is 15.5 Å². The van der Waals surface area contributed by atoms with Crippen LogP contribution in [0.1, 0.15) is 48.9 Å². The van der Waals surface area contributed by atoms with Crippen molar-refractivity contribution in [3.63, 3.8) is 0 Å². The van der Waals surface area contributed by atoms with Crippen LogP contribution in [0.15, 0.2) is 22.7 Å². The maximum atomic E-state index is 13.1. The zero-order valence-corrected chi connectivity index (χ0v) is 13.1. The molecule has 1 saturated heterocycles. The van der Waals surface area contributed by atoms with Gasteiger partial charge in [-0.15, -0.1) is 0 Å². The first-order valence-corrected chi connectivity index (χ1v) is 8.13. The fourth-order valence-electron chi connectivity index (χ4n) is 3.64. The van der Waals surface area contributed by atoms with Crippen molar-refractivity contribution in [2.75, 3.05) is 13.1 Å². The lowest BCUT2D eigenvalue weighted by atomic mass is 9.77. The molecule has 0 bridgehead atoms. The van der Waals surface area contributed by atoms with Crippen molar-refractivity contribution in [2.24, 2.45) is 5.41 Å². The molecule has 108 valence electrons. The third kappa shape index (κ3) is 2.62. The molecule has 0 aromatic heterocycles. The highest BCUT2D eigenvalue weighted by molar-refractivity contribution is 9.10. The van der Waals surface area contributed by atoms with E-state index >= 15 is 0 Å². The van der Waals surface area contributed by atoms with Gasteiger partial charge in [0, 0.05) is 17.6 Å². The molecule has 2 fully saturated rings. The topological polar surface area (TPSA) is 20.3 Å². The van der Waals surface area contributed by atoms with Crippen LogP contribution >= 0.6 is 15.9 Å². The molecule has 1 aliphatic heterocycles. The summed E-state index contributed by atoms with van der Waals surface area (Å²) in [4.78, 5) is 14.4. The average Bonchev–Trinajstić information content (AvgIpc) is 2.87. The minimum atomic E-state index is -0.322. The van der Waals surface area contributed by atoms with E-state index in [1.807, 2.05) is 4.90 Å². The molecule has 1 aliphatic carbocycles. The number of likely N-dealkylation sites (tertiary alicyclic amines) is 1. The molecular weight excluding hydrogens is 321 g/mol. The number of piperidine rings is 1. The van der Waals surface area contributed by atoms with Gasteiger partial charge in [0.1, 0.15) is 5.82 Å². The molecule has 1 spiro atoms. The van der Waals surface area contributed by atoms with Gasteiger partial charge in [0.05, 0.1) is 5.56 Å². The van der Waals surface area contributed by atoms with Gasteiger partial charge in [-0.25, -0.2) is 4.39 Å². The van der Waals surface area contributed by atoms with Crippen LogP contribution in [0.3, 0.4) is 0 Å². The summed E-state index contributed by atoms with van der Waals surface area (Å²) in [5.41, 5.74) is 1.07. The van der Waals surface area contributed by atoms with E-state index in [1.54, 1.807) is 6.07 Å². The second-order valence-corrected chi connectivity index (χ2v) is 6.98. The maximum Gasteiger partial charge on any atom is 0.255 e. The molecule has 1 saturated carbocycles. The normalized spacial score (nSPS) is 21.4. The SMILES string of the molecule is O=C(c1ccc(F)cc1Br)N1CCC2(CCCC2)CC1. The van der Waals surface area contributed by atoms with Crippen LogP contribution in [0.25, 0.3) is 0 Å². The fourth-order valence-corrected chi connectivity index (χ4v) is 4.16. The van der Waals surface area contributed by atoms with Crippen molar-refractivity contribution >= 4 is 21.8 Å². The summed E-state index contributed by atoms with van der Waals surface area (Å²) < 4.78 is 13.6. The molecule has 4 heteroatoms. The van der Waals surface area contributed by atoms with Crippen LogP contribution in [-0.4, -0.2) is 23.9 Å². The lowest BCUT2D eigenvalue weighted by molar-refractivity contribution is 0.0586. The summed E-state index contributed by atoms with van der Waals surface area (Å²) in [7, 11) is 0. The first kappa shape index (κ1) is 14.1. The highest BCUT2D eigenvalue weighted by Crippen LogP contribution is 2.46. The highest BCUT2D eigenvalue weighted by Gasteiger charge is 2.38. The van der Waals surface area contributed by atoms with Gasteiger partial charge in [0.15, 0.2) is 0 Å². The van der Waals surface area contributed by atoms with Crippen LogP contribution < -0.4 is 0 Å². The molecule has 0 N–H and O–H groups in total. The molecule has 20 heavy (non-hydrogen) atoms. The lowest BCUT2D eigenvalue weighted by Gasteiger charge is -2.39. The second-order valence-electron chi connectivity index (χ2n) is 6.12. The highest BCUT2D eigenvalue weighted by atomic mass is 79.9. The monoisotopic (exact) mass is 339 g/mol. The molecule has 0 atom stereocenters. The summed E-state index contributed by atoms with van der Waals surface area (Å²) in [5, 5.41) is 0. The smallest absolute Gasteiger partial charge is 0.255 e. The molecule has 1 heterocycles. The fraction of sp³-hybridized carbons (Fsp3) is 0.562. The first-order valence-electron chi connectivity index (χ1n) is 7.34. The van der Waals surface area contributed by atoms with E-state index in [1.165, 1.54) is 37.8 Å². The number of carbonyl (C=O) groups excluding carboxylic acids is 1. The van der Waals surface area contributed by atoms with E-state index in [2.05, 4.69) is 15.9 Å². The number of nitrogens with zero attached hydrogens (tertiary/aromatic N) is 1. The summed E-state index contributed by atoms with van der Waals surface area (Å²) in [6.07, 6.45) is 7.59. The average molecular weight is 340 g/mol. The number of rotatable bonds is 1. The standard InChI is InChI=1S/C16H19BrFNO/c17-14-11-12(18)3-4-13(14)15(20)19-9-7-16(8-10-19)5-1-2-6-16/h3-4,11H,1-2,5-10H2. The van der Waals surface area contributed by atoms with Crippen molar-refractivity contribution in [3.05, 3.63) is 34.1 Å². The largest absolute Gasteiger partial charge is 0.339 e. The third-order valence-corrected chi connectivity index (χ3v) is 5.59. The molecule has 2 aliphatic rings. The Kier molecular flexibility index (Phi) is 3.85. The Balaban J connectivity index is 1.69. The predicted octanol–water partition coefficient (Wildman–Crippen LogP) is 4.38. The van der Waals surface area contributed by atoms with E-state index in [0.717, 1.165) is 25.9 Å². The van der Waals surface area contributed by atoms with Crippen LogP contribution in [-0.2, 0) is 0 Å². The van der Waals surface area contributed by atoms with Crippen molar-refractivity contribution in [1.82, 2.24) is 4.90 Å². The number of hydrogen-bond acceptors (Lipinski definition) is 1. The summed E-state index contributed by atoms with van der Waals surface area (Å²) >= 11 is 3.29. The van der Waals surface area contributed by atoms with Gasteiger partial charge >= 0.3 is 0 Å². The second kappa shape index (κ2) is 5.47. The maximum absolute atomic E-state index is 13.1. The van der Waals surface area contributed by atoms with Gasteiger partial charge in [-0.2, -0.15) is 0 Å². The Labute approximate surface area is 127 Å². The number of hydrogen-bond donors (Lipinski definition) is 0. The minimum absolute atomic E-state index is 0.0183. The molecule has 2 nitrogen and oxygen atoms in total. The Bertz CT molecular complexity index is 515. The molecule has 1 amide bonds. The Morgan fingerprint density at radius 1 is 1.15 bits per heavy atom. The van der Waals surface area contributed by atoms with E-state index < -0.39 is 0 Å². The summed E-state index contributed by atoms with van der Waals surface area (Å²) in [6.45, 7) is 1.67. The van der Waals surface area contributed by atoms with Crippen LogP contribution in [0.5, 0.6) is 0 Å². The molecular formula is C16H19BrFNO. The van der Waals surface area contributed by atoms with Gasteiger partial charge in [-0.1, -0.05) is 12.8 Å². The van der Waals surface area contributed by atoms with Gasteiger partial charge in [-0.05, 0) is 65.2 Å². The summed E-state index contributed by atoms with van der Waals surface area (Å²) in [5.74, 6) is -0.304. The molecule has 1 aromatic rings. The Hall–Kier alpha value is -0.900. The number of amides is 1. The quantitative estimate of drug-likeness (QED) is 0.743. The predicted molar refractivity (Wildman–Crippen MR) is 80.1 cm³/mol. The zero-order valence-electron chi connectivity index (χ0n) is 11.5. The van der Waals surface area contributed by atoms with Crippen LogP contribution in [0.4, 0.5) is 4.39 Å². The number of carbonyl (C=O) groups is 1. The van der Waals surface area contributed by atoms with Gasteiger partial charge < -0.3 is 4.90 Å². The molecule has 3 rings (SSSR count). The third-order valence-electron chi connectivity index (χ3n) is 4.94. The Morgan fingerprint density at radius 2 is 1.80 bits per heavy atom. The van der Waals surface area contributed by atoms with Gasteiger partial charge in [0.25, 0.3) is 5.91 Å². The molecule has 0 unspecified atom stereocenters. The van der Waals surface area contributed by atoms with Crippen molar-refractivity contribution < 1.29 is 9.18 Å². The lowest BCUT2D eigenvalue weighted by Crippen LogP contribution is -2.42. The Morgan fingerprint density at radius 3 is 2.40 bits per heavy atom. The number of halogens is 2. The first-order chi connectivity index (χ1) is 9.60. The summed E-state index contributed by atoms with van der Waals surface area (Å²) in [6, 6.07) is 4.28. The molecule has 0 radical (unpaired) electrons. The van der Waals surface area contributed by atoms with Crippen molar-refractivity contribution in [1.29, 1.82) is 0 Å². The van der Waals surface area contributed by atoms with Crippen molar-refractivity contribution in [2.45, 2.75) is 38.5 Å². The zero-order chi connectivity index (χ0) is 14.2. The number of benzene rings is 1. The van der Waals surface area contributed by atoms with Gasteiger partial charge in [0.2, 0.25) is 0 Å². The minimum Gasteiger partial charge on any atom is -0.339 e. The van der Waals surface area contributed by atoms with E-state index in [9.17, 15) is 9.18 Å². The van der Waals surface area contributed by atoms with E-state index in [-0.39, 0.29) is 11.7 Å². The van der Waals surface area contributed by atoms with Gasteiger partial charge in [-0.3, -0.25) is 4.79 Å². The van der Waals surface area contributed by atoms with Crippen LogP contribution in [0.2, 0.25) is 0 Å². The van der Waals surface area contributed by atoms with Crippen molar-refractivity contribution in [3.8, 4) is 0 Å².